The molecule has 0 aromatic heterocycles. The fourth-order valence-corrected chi connectivity index (χ4v) is 2.34. The lowest BCUT2D eigenvalue weighted by Crippen LogP contribution is -2.63. The summed E-state index contributed by atoms with van der Waals surface area (Å²) in [4.78, 5) is 23.0. The summed E-state index contributed by atoms with van der Waals surface area (Å²) in [6, 6.07) is 18.5. The van der Waals surface area contributed by atoms with Crippen molar-refractivity contribution in [1.82, 2.24) is 10.6 Å². The van der Waals surface area contributed by atoms with Gasteiger partial charge in [0.2, 0.25) is 0 Å². The van der Waals surface area contributed by atoms with Gasteiger partial charge in [0, 0.05) is 13.1 Å². The van der Waals surface area contributed by atoms with E-state index < -0.39 is 24.0 Å². The Hall–Kier alpha value is -2.70. The third-order valence-electron chi connectivity index (χ3n) is 3.66. The Morgan fingerprint density at radius 3 is 1.54 bits per heavy atom. The molecule has 0 unspecified atom stereocenters. The lowest BCUT2D eigenvalue weighted by molar-refractivity contribution is -0.153. The zero-order chi connectivity index (χ0) is 17.4. The normalized spacial score (nSPS) is 11.2. The maximum absolute atomic E-state index is 11.8. The minimum atomic E-state index is -1.75. The fraction of sp³-hybridized carbons (Fsp3) is 0.222. The summed E-state index contributed by atoms with van der Waals surface area (Å²) >= 11 is 0. The molecule has 2 aromatic carbocycles. The number of benzene rings is 2. The summed E-state index contributed by atoms with van der Waals surface area (Å²) < 4.78 is 0. The van der Waals surface area contributed by atoms with Crippen molar-refractivity contribution in [1.29, 1.82) is 0 Å². The first-order valence-corrected chi connectivity index (χ1v) is 7.55. The second kappa shape index (κ2) is 8.24. The minimum absolute atomic E-state index is 0.238. The van der Waals surface area contributed by atoms with Crippen molar-refractivity contribution < 1.29 is 19.8 Å². The van der Waals surface area contributed by atoms with Crippen LogP contribution in [0, 0.1) is 0 Å². The van der Waals surface area contributed by atoms with E-state index in [-0.39, 0.29) is 13.1 Å². The van der Waals surface area contributed by atoms with Gasteiger partial charge in [0.15, 0.2) is 5.66 Å². The van der Waals surface area contributed by atoms with Gasteiger partial charge in [-0.15, -0.1) is 0 Å². The Morgan fingerprint density at radius 2 is 1.21 bits per heavy atom. The maximum atomic E-state index is 11.8. The first-order chi connectivity index (χ1) is 11.5. The lowest BCUT2D eigenvalue weighted by atomic mass is 10.0. The van der Waals surface area contributed by atoms with E-state index in [1.165, 1.54) is 0 Å². The molecule has 0 saturated carbocycles. The smallest absolute Gasteiger partial charge is 0.339 e. The average molecular weight is 328 g/mol. The second-order valence-corrected chi connectivity index (χ2v) is 5.46. The highest BCUT2D eigenvalue weighted by atomic mass is 16.4. The number of hydrogen-bond acceptors (Lipinski definition) is 4. The monoisotopic (exact) mass is 328 g/mol. The molecule has 4 N–H and O–H groups in total. The Labute approximate surface area is 140 Å². The van der Waals surface area contributed by atoms with Crippen LogP contribution in [-0.2, 0) is 22.7 Å². The van der Waals surface area contributed by atoms with Crippen LogP contribution in [0.3, 0.4) is 0 Å². The van der Waals surface area contributed by atoms with Crippen LogP contribution in [0.5, 0.6) is 0 Å². The molecule has 6 nitrogen and oxygen atoms in total. The van der Waals surface area contributed by atoms with E-state index in [1.54, 1.807) is 0 Å². The largest absolute Gasteiger partial charge is 0.481 e. The van der Waals surface area contributed by atoms with Gasteiger partial charge >= 0.3 is 11.9 Å². The van der Waals surface area contributed by atoms with Crippen molar-refractivity contribution >= 4 is 11.9 Å². The summed E-state index contributed by atoms with van der Waals surface area (Å²) in [6.45, 7) is 0.477. The molecule has 0 amide bonds. The Kier molecular flexibility index (Phi) is 6.06. The maximum Gasteiger partial charge on any atom is 0.339 e. The molecule has 0 fully saturated rings. The van der Waals surface area contributed by atoms with Gasteiger partial charge in [0.1, 0.15) is 0 Å². The first-order valence-electron chi connectivity index (χ1n) is 7.55. The molecule has 0 saturated heterocycles. The van der Waals surface area contributed by atoms with Gasteiger partial charge in [-0.3, -0.25) is 15.4 Å². The Balaban J connectivity index is 2.15. The second-order valence-electron chi connectivity index (χ2n) is 5.46. The van der Waals surface area contributed by atoms with Gasteiger partial charge in [0.25, 0.3) is 0 Å². The van der Waals surface area contributed by atoms with Gasteiger partial charge in [0.05, 0.1) is 6.42 Å². The van der Waals surface area contributed by atoms with Gasteiger partial charge in [-0.05, 0) is 11.1 Å². The summed E-state index contributed by atoms with van der Waals surface area (Å²) in [5.41, 5.74) is -0.0117. The highest BCUT2D eigenvalue weighted by molar-refractivity contribution is 5.84. The number of aliphatic carboxylic acids is 2. The van der Waals surface area contributed by atoms with Crippen LogP contribution in [0.1, 0.15) is 17.5 Å². The third kappa shape index (κ3) is 4.91. The van der Waals surface area contributed by atoms with E-state index in [9.17, 15) is 14.7 Å². The number of carboxylic acid groups (broad SMARTS) is 2. The Morgan fingerprint density at radius 1 is 0.792 bits per heavy atom. The SMILES string of the molecule is O=C(O)CC(NCc1ccccc1)(NCc1ccccc1)C(=O)O. The van der Waals surface area contributed by atoms with Gasteiger partial charge < -0.3 is 10.2 Å². The third-order valence-corrected chi connectivity index (χ3v) is 3.66. The van der Waals surface area contributed by atoms with Crippen molar-refractivity contribution in [2.45, 2.75) is 25.2 Å². The van der Waals surface area contributed by atoms with Crippen molar-refractivity contribution in [2.24, 2.45) is 0 Å². The van der Waals surface area contributed by atoms with Crippen molar-refractivity contribution in [3.05, 3.63) is 71.8 Å². The van der Waals surface area contributed by atoms with Crippen LogP contribution < -0.4 is 10.6 Å². The van der Waals surface area contributed by atoms with Crippen molar-refractivity contribution in [3.63, 3.8) is 0 Å². The van der Waals surface area contributed by atoms with Crippen LogP contribution in [-0.4, -0.2) is 27.8 Å². The molecule has 126 valence electrons. The Bertz CT molecular complexity index is 630. The molecular weight excluding hydrogens is 308 g/mol. The standard InChI is InChI=1S/C18H20N2O4/c21-16(22)11-18(17(23)24,19-12-14-7-3-1-4-8-14)20-13-15-9-5-2-6-10-15/h1-10,19-20H,11-13H2,(H,21,22)(H,23,24). The average Bonchev–Trinajstić information content (AvgIpc) is 2.58. The van der Waals surface area contributed by atoms with Crippen LogP contribution in [0.25, 0.3) is 0 Å². The van der Waals surface area contributed by atoms with E-state index in [4.69, 9.17) is 5.11 Å². The summed E-state index contributed by atoms with van der Waals surface area (Å²) in [7, 11) is 0. The molecule has 24 heavy (non-hydrogen) atoms. The molecule has 0 aliphatic carbocycles. The van der Waals surface area contributed by atoms with E-state index >= 15 is 0 Å². The number of hydrogen-bond donors (Lipinski definition) is 4. The lowest BCUT2D eigenvalue weighted by Gasteiger charge is -2.30. The fourth-order valence-electron chi connectivity index (χ4n) is 2.34. The molecule has 2 aromatic rings. The molecule has 6 heteroatoms. The summed E-state index contributed by atoms with van der Waals surface area (Å²) in [6.07, 6.45) is -0.581. The number of nitrogens with one attached hydrogen (secondary N) is 2. The molecule has 0 spiro atoms. The molecule has 0 bridgehead atoms. The van der Waals surface area contributed by atoms with Crippen LogP contribution in [0.4, 0.5) is 0 Å². The topological polar surface area (TPSA) is 98.7 Å². The number of rotatable bonds is 9. The predicted molar refractivity (Wildman–Crippen MR) is 89.2 cm³/mol. The van der Waals surface area contributed by atoms with E-state index in [1.807, 2.05) is 60.7 Å². The molecular formula is C18H20N2O4. The highest BCUT2D eigenvalue weighted by Crippen LogP contribution is 2.12. The first kappa shape index (κ1) is 17.7. The number of carbonyl (C=O) groups is 2. The molecule has 0 heterocycles. The van der Waals surface area contributed by atoms with E-state index in [0.717, 1.165) is 11.1 Å². The zero-order valence-corrected chi connectivity index (χ0v) is 13.1. The van der Waals surface area contributed by atoms with Gasteiger partial charge in [-0.2, -0.15) is 0 Å². The van der Waals surface area contributed by atoms with Crippen LogP contribution in [0.15, 0.2) is 60.7 Å². The van der Waals surface area contributed by atoms with Gasteiger partial charge in [-0.1, -0.05) is 60.7 Å². The highest BCUT2D eigenvalue weighted by Gasteiger charge is 2.40. The minimum Gasteiger partial charge on any atom is -0.481 e. The van der Waals surface area contributed by atoms with E-state index in [2.05, 4.69) is 10.6 Å². The predicted octanol–water partition coefficient (Wildman–Crippen LogP) is 1.82. The molecule has 0 radical (unpaired) electrons. The molecule has 0 aliphatic rings. The van der Waals surface area contributed by atoms with Gasteiger partial charge in [-0.25, -0.2) is 4.79 Å². The van der Waals surface area contributed by atoms with Crippen molar-refractivity contribution in [3.8, 4) is 0 Å². The van der Waals surface area contributed by atoms with Crippen molar-refractivity contribution in [2.75, 3.05) is 0 Å². The van der Waals surface area contributed by atoms with E-state index in [0.29, 0.717) is 0 Å². The molecule has 2 rings (SSSR count). The summed E-state index contributed by atoms with van der Waals surface area (Å²) in [5.74, 6) is -2.45. The van der Waals surface area contributed by atoms with Crippen LogP contribution in [0.2, 0.25) is 0 Å². The quantitative estimate of drug-likeness (QED) is 0.524. The molecule has 0 aliphatic heterocycles. The van der Waals surface area contributed by atoms with Crippen LogP contribution >= 0.6 is 0 Å². The summed E-state index contributed by atoms with van der Waals surface area (Å²) in [5, 5.41) is 24.5. The molecule has 0 atom stereocenters. The zero-order valence-electron chi connectivity index (χ0n) is 13.1. The number of carboxylic acids is 2.